The van der Waals surface area contributed by atoms with E-state index in [2.05, 4.69) is 25.3 Å². The van der Waals surface area contributed by atoms with Crippen LogP contribution >= 0.6 is 11.3 Å². The minimum absolute atomic E-state index is 0.0248. The number of aromatic nitrogens is 4. The largest absolute Gasteiger partial charge is 0.368 e. The van der Waals surface area contributed by atoms with Crippen molar-refractivity contribution in [1.82, 2.24) is 19.9 Å². The Labute approximate surface area is 125 Å². The molecule has 118 valence electrons. The summed E-state index contributed by atoms with van der Waals surface area (Å²) in [6.45, 7) is 0. The Balaban J connectivity index is 1.80. The molecule has 6 nitrogen and oxygen atoms in total. The summed E-state index contributed by atoms with van der Waals surface area (Å²) in [6.07, 6.45) is -3.33. The lowest BCUT2D eigenvalue weighted by Crippen LogP contribution is -2.44. The van der Waals surface area contributed by atoms with E-state index < -0.39 is 18.4 Å². The van der Waals surface area contributed by atoms with E-state index in [4.69, 9.17) is 5.73 Å². The zero-order valence-corrected chi connectivity index (χ0v) is 11.7. The SMILES string of the molecule is Nc1nc(NC2CC(F)(F)C2)nc(-c2nc(C(F)F)cs2)n1. The quantitative estimate of drug-likeness (QED) is 0.836. The molecule has 0 radical (unpaired) electrons. The van der Waals surface area contributed by atoms with Crippen LogP contribution in [0.5, 0.6) is 0 Å². The van der Waals surface area contributed by atoms with Gasteiger partial charge in [0.15, 0.2) is 10.8 Å². The van der Waals surface area contributed by atoms with Crippen LogP contribution < -0.4 is 11.1 Å². The summed E-state index contributed by atoms with van der Waals surface area (Å²) < 4.78 is 50.7. The molecule has 0 bridgehead atoms. The van der Waals surface area contributed by atoms with Crippen LogP contribution in [0.4, 0.5) is 29.5 Å². The van der Waals surface area contributed by atoms with Crippen molar-refractivity contribution in [3.8, 4) is 10.8 Å². The van der Waals surface area contributed by atoms with Gasteiger partial charge in [-0.15, -0.1) is 11.3 Å². The van der Waals surface area contributed by atoms with E-state index in [0.29, 0.717) is 0 Å². The van der Waals surface area contributed by atoms with Crippen LogP contribution in [0.3, 0.4) is 0 Å². The Morgan fingerprint density at radius 2 is 1.95 bits per heavy atom. The maximum atomic E-state index is 12.8. The minimum Gasteiger partial charge on any atom is -0.368 e. The minimum atomic E-state index is -2.70. The zero-order valence-electron chi connectivity index (χ0n) is 10.9. The summed E-state index contributed by atoms with van der Waals surface area (Å²) in [7, 11) is 0. The number of hydrogen-bond acceptors (Lipinski definition) is 7. The molecular weight excluding hydrogens is 324 g/mol. The van der Waals surface area contributed by atoms with Crippen molar-refractivity contribution in [1.29, 1.82) is 0 Å². The fourth-order valence-corrected chi connectivity index (χ4v) is 2.73. The standard InChI is InChI=1S/C11H10F4N6S/c12-6(13)5-3-22-8(18-5)7-19-9(16)21-10(20-7)17-4-1-11(14,15)2-4/h3-4,6H,1-2H2,(H3,16,17,19,20,21). The van der Waals surface area contributed by atoms with Gasteiger partial charge < -0.3 is 11.1 Å². The Morgan fingerprint density at radius 3 is 2.55 bits per heavy atom. The van der Waals surface area contributed by atoms with E-state index in [1.807, 2.05) is 0 Å². The molecule has 0 unspecified atom stereocenters. The number of anilines is 2. The smallest absolute Gasteiger partial charge is 0.281 e. The third-order valence-electron chi connectivity index (χ3n) is 3.01. The summed E-state index contributed by atoms with van der Waals surface area (Å²) in [6, 6.07) is -0.461. The lowest BCUT2D eigenvalue weighted by molar-refractivity contribution is -0.0794. The van der Waals surface area contributed by atoms with Gasteiger partial charge in [0.2, 0.25) is 11.9 Å². The van der Waals surface area contributed by atoms with Crippen LogP contribution in [0, 0.1) is 0 Å². The predicted octanol–water partition coefficient (Wildman–Crippen LogP) is 2.72. The van der Waals surface area contributed by atoms with Crippen LogP contribution in [0.25, 0.3) is 10.8 Å². The molecule has 0 spiro atoms. The zero-order chi connectivity index (χ0) is 15.9. The maximum Gasteiger partial charge on any atom is 0.281 e. The number of rotatable bonds is 4. The number of nitrogens with one attached hydrogen (secondary N) is 1. The molecule has 2 aromatic rings. The molecule has 2 heterocycles. The fraction of sp³-hybridized carbons (Fsp3) is 0.455. The predicted molar refractivity (Wildman–Crippen MR) is 71.9 cm³/mol. The van der Waals surface area contributed by atoms with Crippen molar-refractivity contribution in [2.24, 2.45) is 0 Å². The summed E-state index contributed by atoms with van der Waals surface area (Å²) in [4.78, 5) is 15.3. The molecule has 0 saturated heterocycles. The van der Waals surface area contributed by atoms with Crippen LogP contribution in [0.2, 0.25) is 0 Å². The van der Waals surface area contributed by atoms with Gasteiger partial charge in [-0.2, -0.15) is 15.0 Å². The van der Waals surface area contributed by atoms with E-state index in [0.717, 1.165) is 11.3 Å². The molecule has 1 saturated carbocycles. The van der Waals surface area contributed by atoms with Crippen molar-refractivity contribution in [2.45, 2.75) is 31.2 Å². The molecule has 0 atom stereocenters. The number of hydrogen-bond donors (Lipinski definition) is 2. The maximum absolute atomic E-state index is 12.8. The lowest BCUT2D eigenvalue weighted by Gasteiger charge is -2.35. The average molecular weight is 334 g/mol. The van der Waals surface area contributed by atoms with Crippen molar-refractivity contribution < 1.29 is 17.6 Å². The lowest BCUT2D eigenvalue weighted by atomic mass is 9.88. The molecule has 1 aliphatic carbocycles. The first kappa shape index (κ1) is 14.9. The molecule has 1 aliphatic rings. The highest BCUT2D eigenvalue weighted by atomic mass is 32.1. The summed E-state index contributed by atoms with van der Waals surface area (Å²) in [5, 5.41) is 4.07. The molecule has 0 aliphatic heterocycles. The van der Waals surface area contributed by atoms with Crippen LogP contribution in [-0.2, 0) is 0 Å². The van der Waals surface area contributed by atoms with Gasteiger partial charge in [0, 0.05) is 24.3 Å². The number of nitrogen functional groups attached to an aromatic ring is 1. The molecule has 0 amide bonds. The van der Waals surface area contributed by atoms with Crippen LogP contribution in [-0.4, -0.2) is 31.9 Å². The Morgan fingerprint density at radius 1 is 1.23 bits per heavy atom. The van der Waals surface area contributed by atoms with E-state index in [-0.39, 0.29) is 41.3 Å². The number of nitrogens with two attached hydrogens (primary N) is 1. The molecule has 0 aromatic carbocycles. The first-order valence-electron chi connectivity index (χ1n) is 6.22. The number of halogens is 4. The second-order valence-electron chi connectivity index (χ2n) is 4.82. The summed E-state index contributed by atoms with van der Waals surface area (Å²) in [5.41, 5.74) is 5.15. The second-order valence-corrected chi connectivity index (χ2v) is 5.68. The average Bonchev–Trinajstić information content (AvgIpc) is 2.85. The van der Waals surface area contributed by atoms with E-state index in [9.17, 15) is 17.6 Å². The Hall–Kier alpha value is -2.04. The van der Waals surface area contributed by atoms with Crippen molar-refractivity contribution in [3.05, 3.63) is 11.1 Å². The second kappa shape index (κ2) is 5.30. The van der Waals surface area contributed by atoms with Crippen molar-refractivity contribution in [3.63, 3.8) is 0 Å². The molecule has 3 rings (SSSR count). The van der Waals surface area contributed by atoms with E-state index in [1.165, 1.54) is 5.38 Å². The third-order valence-corrected chi connectivity index (χ3v) is 3.87. The Kier molecular flexibility index (Phi) is 3.59. The van der Waals surface area contributed by atoms with Gasteiger partial charge in [-0.05, 0) is 0 Å². The fourth-order valence-electron chi connectivity index (χ4n) is 1.99. The van der Waals surface area contributed by atoms with Crippen molar-refractivity contribution in [2.75, 3.05) is 11.1 Å². The van der Waals surface area contributed by atoms with Gasteiger partial charge in [0.05, 0.1) is 0 Å². The molecular formula is C11H10F4N6S. The van der Waals surface area contributed by atoms with Gasteiger partial charge in [0.1, 0.15) is 5.69 Å². The highest BCUT2D eigenvalue weighted by molar-refractivity contribution is 7.13. The number of alkyl halides is 4. The topological polar surface area (TPSA) is 89.6 Å². The van der Waals surface area contributed by atoms with Gasteiger partial charge in [-0.25, -0.2) is 22.5 Å². The van der Waals surface area contributed by atoms with Gasteiger partial charge in [0.25, 0.3) is 12.3 Å². The summed E-state index contributed by atoms with van der Waals surface area (Å²) in [5.74, 6) is -2.78. The molecule has 2 aromatic heterocycles. The highest BCUT2D eigenvalue weighted by Crippen LogP contribution is 2.38. The number of thiazole rings is 1. The molecule has 1 fully saturated rings. The van der Waals surface area contributed by atoms with Crippen molar-refractivity contribution >= 4 is 23.2 Å². The van der Waals surface area contributed by atoms with Gasteiger partial charge >= 0.3 is 0 Å². The van der Waals surface area contributed by atoms with Gasteiger partial charge in [-0.3, -0.25) is 0 Å². The molecule has 11 heteroatoms. The van der Waals surface area contributed by atoms with E-state index in [1.54, 1.807) is 0 Å². The normalized spacial score (nSPS) is 17.5. The van der Waals surface area contributed by atoms with Crippen LogP contribution in [0.15, 0.2) is 5.38 Å². The first-order valence-corrected chi connectivity index (χ1v) is 7.10. The molecule has 22 heavy (non-hydrogen) atoms. The Bertz CT molecular complexity index is 683. The first-order chi connectivity index (χ1) is 10.3. The van der Waals surface area contributed by atoms with Gasteiger partial charge in [-0.1, -0.05) is 0 Å². The van der Waals surface area contributed by atoms with E-state index >= 15 is 0 Å². The molecule has 3 N–H and O–H groups in total. The summed E-state index contributed by atoms with van der Waals surface area (Å²) >= 11 is 0.940. The highest BCUT2D eigenvalue weighted by Gasteiger charge is 2.45. The van der Waals surface area contributed by atoms with Crippen LogP contribution in [0.1, 0.15) is 25.0 Å². The monoisotopic (exact) mass is 334 g/mol. The number of nitrogens with zero attached hydrogens (tertiary/aromatic N) is 4. The third kappa shape index (κ3) is 3.08.